The molecule has 4 N–H and O–H groups in total. The van der Waals surface area contributed by atoms with Crippen molar-refractivity contribution in [1.82, 2.24) is 5.32 Å². The predicted molar refractivity (Wildman–Crippen MR) is 112 cm³/mol. The number of fused-ring (bicyclic) bond motifs is 1. The van der Waals surface area contributed by atoms with Gasteiger partial charge in [-0.2, -0.15) is 0 Å². The molecule has 8 heteroatoms. The van der Waals surface area contributed by atoms with Gasteiger partial charge in [0.15, 0.2) is 6.10 Å². The molecule has 29 heavy (non-hydrogen) atoms. The van der Waals surface area contributed by atoms with Crippen LogP contribution in [0.4, 0.5) is 0 Å². The van der Waals surface area contributed by atoms with Crippen LogP contribution in [0.1, 0.15) is 47.9 Å². The van der Waals surface area contributed by atoms with E-state index in [1.54, 1.807) is 0 Å². The molecule has 0 saturated carbocycles. The second-order valence-corrected chi connectivity index (χ2v) is 7.54. The average Bonchev–Trinajstić information content (AvgIpc) is 2.69. The Labute approximate surface area is 179 Å². The number of aliphatic hydroxyl groups is 1. The minimum Gasteiger partial charge on any atom is -0.481 e. The van der Waals surface area contributed by atoms with Crippen LogP contribution in [0.15, 0.2) is 42.5 Å². The van der Waals surface area contributed by atoms with E-state index < -0.39 is 24.5 Å². The number of aliphatic carboxylic acids is 2. The number of aliphatic hydroxyl groups excluding tert-OH is 1. The van der Waals surface area contributed by atoms with Crippen molar-refractivity contribution < 1.29 is 24.9 Å². The van der Waals surface area contributed by atoms with Crippen LogP contribution >= 0.6 is 23.2 Å². The summed E-state index contributed by atoms with van der Waals surface area (Å²) in [6.45, 7) is 0. The van der Waals surface area contributed by atoms with Crippen LogP contribution in [-0.2, 0) is 9.59 Å². The van der Waals surface area contributed by atoms with Crippen molar-refractivity contribution in [2.45, 2.75) is 37.3 Å². The number of carbonyl (C=O) groups is 2. The molecule has 0 saturated heterocycles. The molecular formula is C21H23Cl2NO5. The maximum atomic E-state index is 9.72. The molecule has 0 amide bonds. The monoisotopic (exact) mass is 439 g/mol. The molecule has 0 bridgehead atoms. The standard InChI is InChI=1S/C17H17Cl2N.C4H6O5/c1-20-17-9-7-12(13-4-2-3-5-14(13)17)11-6-8-15(18)16(19)10-11;5-2(4(8)9)1-3(6)7/h2-6,8,10,12,17,20H,7,9H2,1H3;2,5H,1H2,(H,6,7)(H,8,9)/t12-,17-;/m0./s1. The quantitative estimate of drug-likeness (QED) is 0.558. The summed E-state index contributed by atoms with van der Waals surface area (Å²) >= 11 is 12.2. The van der Waals surface area contributed by atoms with Crippen molar-refractivity contribution in [2.24, 2.45) is 0 Å². The average molecular weight is 440 g/mol. The van der Waals surface area contributed by atoms with Gasteiger partial charge in [0.05, 0.1) is 16.5 Å². The Kier molecular flexibility index (Phi) is 8.46. The number of hydrogen-bond donors (Lipinski definition) is 4. The summed E-state index contributed by atoms with van der Waals surface area (Å²) in [5.74, 6) is -2.44. The summed E-state index contributed by atoms with van der Waals surface area (Å²) in [6.07, 6.45) is -0.281. The third kappa shape index (κ3) is 6.18. The van der Waals surface area contributed by atoms with E-state index in [9.17, 15) is 9.59 Å². The minimum atomic E-state index is -1.79. The van der Waals surface area contributed by atoms with Gasteiger partial charge in [-0.05, 0) is 48.7 Å². The van der Waals surface area contributed by atoms with Crippen molar-refractivity contribution in [3.8, 4) is 0 Å². The van der Waals surface area contributed by atoms with E-state index in [1.165, 1.54) is 16.7 Å². The Morgan fingerprint density at radius 1 is 1.07 bits per heavy atom. The number of rotatable bonds is 5. The van der Waals surface area contributed by atoms with Crippen molar-refractivity contribution in [3.63, 3.8) is 0 Å². The van der Waals surface area contributed by atoms with Gasteiger partial charge in [0.1, 0.15) is 0 Å². The van der Waals surface area contributed by atoms with Crippen molar-refractivity contribution in [3.05, 3.63) is 69.2 Å². The van der Waals surface area contributed by atoms with E-state index >= 15 is 0 Å². The van der Waals surface area contributed by atoms with Crippen LogP contribution in [0.3, 0.4) is 0 Å². The maximum absolute atomic E-state index is 9.72. The maximum Gasteiger partial charge on any atom is 0.333 e. The summed E-state index contributed by atoms with van der Waals surface area (Å²) in [7, 11) is 2.03. The Balaban J connectivity index is 0.000000284. The Morgan fingerprint density at radius 3 is 2.24 bits per heavy atom. The first kappa shape index (κ1) is 23.2. The molecule has 3 atom stereocenters. The van der Waals surface area contributed by atoms with Gasteiger partial charge in [-0.15, -0.1) is 0 Å². The second kappa shape index (κ2) is 10.6. The highest BCUT2D eigenvalue weighted by atomic mass is 35.5. The summed E-state index contributed by atoms with van der Waals surface area (Å²) in [6, 6.07) is 15.1. The number of nitrogens with one attached hydrogen (secondary N) is 1. The zero-order valence-electron chi connectivity index (χ0n) is 15.8. The van der Waals surface area contributed by atoms with E-state index in [4.69, 9.17) is 38.5 Å². The smallest absolute Gasteiger partial charge is 0.333 e. The molecule has 6 nitrogen and oxygen atoms in total. The van der Waals surface area contributed by atoms with E-state index in [0.717, 1.165) is 12.8 Å². The van der Waals surface area contributed by atoms with Crippen LogP contribution in [0.5, 0.6) is 0 Å². The zero-order chi connectivity index (χ0) is 21.6. The molecular weight excluding hydrogens is 417 g/mol. The lowest BCUT2D eigenvalue weighted by molar-refractivity contribution is -0.152. The van der Waals surface area contributed by atoms with Crippen molar-refractivity contribution in [1.29, 1.82) is 0 Å². The van der Waals surface area contributed by atoms with Crippen molar-refractivity contribution >= 4 is 35.1 Å². The SMILES string of the molecule is CN[C@H]1CC[C@@H](c2ccc(Cl)c(Cl)c2)c2ccccc21.O=C(O)CC(O)C(=O)O. The predicted octanol–water partition coefficient (Wildman–Crippen LogP) is 4.09. The van der Waals surface area contributed by atoms with Gasteiger partial charge < -0.3 is 20.6 Å². The topological polar surface area (TPSA) is 107 Å². The summed E-state index contributed by atoms with van der Waals surface area (Å²) < 4.78 is 0. The molecule has 0 heterocycles. The first-order valence-electron chi connectivity index (χ1n) is 9.08. The number of carboxylic acids is 2. The van der Waals surface area contributed by atoms with E-state index in [1.807, 2.05) is 19.2 Å². The lowest BCUT2D eigenvalue weighted by atomic mass is 9.77. The highest BCUT2D eigenvalue weighted by molar-refractivity contribution is 6.42. The van der Waals surface area contributed by atoms with Crippen LogP contribution < -0.4 is 5.32 Å². The third-order valence-corrected chi connectivity index (χ3v) is 5.58. The third-order valence-electron chi connectivity index (χ3n) is 4.84. The molecule has 0 spiro atoms. The highest BCUT2D eigenvalue weighted by Gasteiger charge is 2.27. The minimum absolute atomic E-state index is 0.408. The van der Waals surface area contributed by atoms with Gasteiger partial charge in [0, 0.05) is 12.0 Å². The Morgan fingerprint density at radius 2 is 1.72 bits per heavy atom. The highest BCUT2D eigenvalue weighted by Crippen LogP contribution is 2.42. The largest absolute Gasteiger partial charge is 0.481 e. The Bertz CT molecular complexity index is 874. The number of carboxylic acid groups (broad SMARTS) is 2. The first-order chi connectivity index (χ1) is 13.7. The lowest BCUT2D eigenvalue weighted by Crippen LogP contribution is -2.24. The summed E-state index contributed by atoms with van der Waals surface area (Å²) in [5.41, 5.74) is 4.05. The van der Waals surface area contributed by atoms with Gasteiger partial charge in [0.25, 0.3) is 0 Å². The zero-order valence-corrected chi connectivity index (χ0v) is 17.3. The summed E-state index contributed by atoms with van der Waals surface area (Å²) in [4.78, 5) is 19.4. The number of hydrogen-bond acceptors (Lipinski definition) is 4. The second-order valence-electron chi connectivity index (χ2n) is 6.73. The fourth-order valence-electron chi connectivity index (χ4n) is 3.42. The molecule has 2 aromatic rings. The molecule has 0 fully saturated rings. The molecule has 1 aliphatic rings. The lowest BCUT2D eigenvalue weighted by Gasteiger charge is -2.32. The normalized spacial score (nSPS) is 18.8. The molecule has 156 valence electrons. The molecule has 0 aromatic heterocycles. The molecule has 1 aliphatic carbocycles. The molecule has 0 radical (unpaired) electrons. The van der Waals surface area contributed by atoms with Crippen molar-refractivity contribution in [2.75, 3.05) is 7.05 Å². The van der Waals surface area contributed by atoms with E-state index in [-0.39, 0.29) is 0 Å². The van der Waals surface area contributed by atoms with Gasteiger partial charge in [-0.3, -0.25) is 4.79 Å². The fourth-order valence-corrected chi connectivity index (χ4v) is 3.72. The van der Waals surface area contributed by atoms with Gasteiger partial charge >= 0.3 is 11.9 Å². The fraction of sp³-hybridized carbons (Fsp3) is 0.333. The molecule has 3 rings (SSSR count). The molecule has 1 unspecified atom stereocenters. The Hall–Kier alpha value is -2.12. The molecule has 0 aliphatic heterocycles. The van der Waals surface area contributed by atoms with Crippen LogP contribution in [0, 0.1) is 0 Å². The van der Waals surface area contributed by atoms with Gasteiger partial charge in [-0.1, -0.05) is 53.5 Å². The molecule has 2 aromatic carbocycles. The van der Waals surface area contributed by atoms with E-state index in [0.29, 0.717) is 22.0 Å². The first-order valence-corrected chi connectivity index (χ1v) is 9.83. The van der Waals surface area contributed by atoms with Crippen LogP contribution in [0.25, 0.3) is 0 Å². The number of halogens is 2. The van der Waals surface area contributed by atoms with Gasteiger partial charge in [-0.25, -0.2) is 4.79 Å². The van der Waals surface area contributed by atoms with Gasteiger partial charge in [0.2, 0.25) is 0 Å². The number of benzene rings is 2. The van der Waals surface area contributed by atoms with E-state index in [2.05, 4.69) is 35.6 Å². The van der Waals surface area contributed by atoms with Crippen LogP contribution in [0.2, 0.25) is 10.0 Å². The van der Waals surface area contributed by atoms with Crippen LogP contribution in [-0.4, -0.2) is 40.4 Å². The summed E-state index contributed by atoms with van der Waals surface area (Å²) in [5, 5.41) is 28.8.